The van der Waals surface area contributed by atoms with Gasteiger partial charge in [0, 0.05) is 6.54 Å². The fourth-order valence-corrected chi connectivity index (χ4v) is 2.63. The molecule has 3 rings (SSSR count). The lowest BCUT2D eigenvalue weighted by molar-refractivity contribution is -0.137. The Balaban J connectivity index is 1.59. The molecule has 5 nitrogen and oxygen atoms in total. The predicted octanol–water partition coefficient (Wildman–Crippen LogP) is 3.29. The van der Waals surface area contributed by atoms with Crippen LogP contribution in [-0.2, 0) is 6.18 Å². The van der Waals surface area contributed by atoms with Gasteiger partial charge >= 0.3 is 6.18 Å². The molecule has 0 aliphatic carbocycles. The number of nitrogens with one attached hydrogen (secondary N) is 1. The highest BCUT2D eigenvalue weighted by Crippen LogP contribution is 2.35. The summed E-state index contributed by atoms with van der Waals surface area (Å²) in [5.41, 5.74) is -0.870. The summed E-state index contributed by atoms with van der Waals surface area (Å²) in [6.07, 6.45) is -5.37. The average molecular weight is 367 g/mol. The molecule has 2 aromatic rings. The molecule has 138 valence electrons. The summed E-state index contributed by atoms with van der Waals surface area (Å²) in [4.78, 5) is 12.1. The Hall–Kier alpha value is -2.74. The van der Waals surface area contributed by atoms with E-state index in [1.165, 1.54) is 12.1 Å². The van der Waals surface area contributed by atoms with Crippen LogP contribution in [0.4, 0.5) is 13.2 Å². The number of hydrogen-bond acceptors (Lipinski definition) is 4. The van der Waals surface area contributed by atoms with Gasteiger partial charge in [-0.05, 0) is 36.2 Å². The van der Waals surface area contributed by atoms with Crippen LogP contribution in [0.25, 0.3) is 0 Å². The van der Waals surface area contributed by atoms with Gasteiger partial charge in [-0.25, -0.2) is 0 Å². The van der Waals surface area contributed by atoms with Crippen molar-refractivity contribution in [3.8, 4) is 11.5 Å². The van der Waals surface area contributed by atoms with Gasteiger partial charge in [0.05, 0.1) is 17.2 Å². The third-order valence-corrected chi connectivity index (χ3v) is 3.96. The van der Waals surface area contributed by atoms with E-state index in [9.17, 15) is 23.1 Å². The zero-order valence-corrected chi connectivity index (χ0v) is 13.5. The van der Waals surface area contributed by atoms with Gasteiger partial charge in [-0.1, -0.05) is 18.2 Å². The van der Waals surface area contributed by atoms with Crippen LogP contribution >= 0.6 is 0 Å². The largest absolute Gasteiger partial charge is 0.454 e. The van der Waals surface area contributed by atoms with Crippen LogP contribution in [0.5, 0.6) is 11.5 Å². The first kappa shape index (κ1) is 18.1. The van der Waals surface area contributed by atoms with Crippen LogP contribution in [0.15, 0.2) is 42.5 Å². The van der Waals surface area contributed by atoms with E-state index in [0.29, 0.717) is 17.1 Å². The molecule has 0 unspecified atom stereocenters. The second kappa shape index (κ2) is 7.25. The van der Waals surface area contributed by atoms with Crippen LogP contribution in [0, 0.1) is 0 Å². The van der Waals surface area contributed by atoms with Crippen molar-refractivity contribution < 1.29 is 32.5 Å². The van der Waals surface area contributed by atoms with Crippen molar-refractivity contribution in [3.63, 3.8) is 0 Å². The Kier molecular flexibility index (Phi) is 5.03. The number of ether oxygens (including phenoxy) is 2. The number of aliphatic hydroxyl groups excluding tert-OH is 1. The monoisotopic (exact) mass is 367 g/mol. The van der Waals surface area contributed by atoms with E-state index in [1.807, 2.05) is 0 Å². The lowest BCUT2D eigenvalue weighted by Gasteiger charge is -2.14. The first-order valence-corrected chi connectivity index (χ1v) is 7.88. The normalized spacial score (nSPS) is 14.2. The zero-order valence-electron chi connectivity index (χ0n) is 13.5. The van der Waals surface area contributed by atoms with E-state index in [2.05, 4.69) is 5.32 Å². The van der Waals surface area contributed by atoms with Gasteiger partial charge in [0.15, 0.2) is 11.5 Å². The van der Waals surface area contributed by atoms with Crippen LogP contribution in [0.2, 0.25) is 0 Å². The molecule has 1 amide bonds. The third-order valence-electron chi connectivity index (χ3n) is 3.96. The molecule has 0 fully saturated rings. The highest BCUT2D eigenvalue weighted by molar-refractivity contribution is 5.95. The van der Waals surface area contributed by atoms with E-state index < -0.39 is 29.3 Å². The summed E-state index contributed by atoms with van der Waals surface area (Å²) in [5.74, 6) is 0.263. The van der Waals surface area contributed by atoms with Crippen molar-refractivity contribution in [2.24, 2.45) is 0 Å². The molecule has 0 bridgehead atoms. The van der Waals surface area contributed by atoms with Gasteiger partial charge in [0.25, 0.3) is 5.91 Å². The number of hydrogen-bond donors (Lipinski definition) is 2. The first-order chi connectivity index (χ1) is 12.4. The number of amides is 1. The smallest absolute Gasteiger partial charge is 0.417 e. The number of alkyl halides is 3. The van der Waals surface area contributed by atoms with Crippen LogP contribution < -0.4 is 14.8 Å². The summed E-state index contributed by atoms with van der Waals surface area (Å²) in [6.45, 7) is 0.129. The number of aliphatic hydroxyl groups is 1. The van der Waals surface area contributed by atoms with Crippen molar-refractivity contribution in [1.82, 2.24) is 5.32 Å². The van der Waals surface area contributed by atoms with E-state index >= 15 is 0 Å². The van der Waals surface area contributed by atoms with Crippen LogP contribution in [0.3, 0.4) is 0 Å². The number of halogens is 3. The minimum atomic E-state index is -4.61. The zero-order chi connectivity index (χ0) is 18.7. The van der Waals surface area contributed by atoms with E-state index in [-0.39, 0.29) is 19.8 Å². The van der Waals surface area contributed by atoms with E-state index in [1.54, 1.807) is 18.2 Å². The molecule has 0 radical (unpaired) electrons. The second-order valence-electron chi connectivity index (χ2n) is 5.72. The summed E-state index contributed by atoms with van der Waals surface area (Å²) < 4.78 is 49.2. The molecular formula is C18H16F3NO4. The number of benzene rings is 2. The number of carbonyl (C=O) groups is 1. The van der Waals surface area contributed by atoms with E-state index in [0.717, 1.165) is 12.1 Å². The Morgan fingerprint density at radius 3 is 2.65 bits per heavy atom. The maximum absolute atomic E-state index is 12.9. The SMILES string of the molecule is O=C(NCC[C@H](O)c1ccc2c(c1)OCO2)c1ccccc1C(F)(F)F. The average Bonchev–Trinajstić information content (AvgIpc) is 3.08. The molecule has 1 heterocycles. The molecule has 1 aliphatic heterocycles. The predicted molar refractivity (Wildman–Crippen MR) is 85.9 cm³/mol. The summed E-state index contributed by atoms with van der Waals surface area (Å²) in [5, 5.41) is 12.6. The van der Waals surface area contributed by atoms with Crippen LogP contribution in [0.1, 0.15) is 34.0 Å². The number of carbonyl (C=O) groups excluding carboxylic acids is 1. The standard InChI is InChI=1S/C18H16F3NO4/c19-18(20,21)13-4-2-1-3-12(13)17(24)22-8-7-14(23)11-5-6-15-16(9-11)26-10-25-15/h1-6,9,14,23H,7-8,10H2,(H,22,24)/t14-/m0/s1. The van der Waals surface area contributed by atoms with Crippen molar-refractivity contribution in [1.29, 1.82) is 0 Å². The topological polar surface area (TPSA) is 67.8 Å². The van der Waals surface area contributed by atoms with Crippen LogP contribution in [-0.4, -0.2) is 24.4 Å². The van der Waals surface area contributed by atoms with Gasteiger partial charge in [0.2, 0.25) is 6.79 Å². The molecule has 26 heavy (non-hydrogen) atoms. The third kappa shape index (κ3) is 3.91. The summed E-state index contributed by atoms with van der Waals surface area (Å²) in [7, 11) is 0. The second-order valence-corrected chi connectivity index (χ2v) is 5.72. The highest BCUT2D eigenvalue weighted by atomic mass is 19.4. The quantitative estimate of drug-likeness (QED) is 0.851. The fourth-order valence-electron chi connectivity index (χ4n) is 2.63. The Morgan fingerprint density at radius 1 is 1.15 bits per heavy atom. The summed E-state index contributed by atoms with van der Waals surface area (Å²) in [6, 6.07) is 9.53. The van der Waals surface area contributed by atoms with Crippen molar-refractivity contribution in [2.45, 2.75) is 18.7 Å². The highest BCUT2D eigenvalue weighted by Gasteiger charge is 2.34. The minimum absolute atomic E-state index is 0.0145. The number of rotatable bonds is 5. The van der Waals surface area contributed by atoms with Crippen molar-refractivity contribution >= 4 is 5.91 Å². The Bertz CT molecular complexity index is 807. The maximum atomic E-state index is 12.9. The van der Waals surface area contributed by atoms with Gasteiger partial charge in [-0.3, -0.25) is 4.79 Å². The van der Waals surface area contributed by atoms with E-state index in [4.69, 9.17) is 9.47 Å². The van der Waals surface area contributed by atoms with Crippen molar-refractivity contribution in [2.75, 3.05) is 13.3 Å². The Morgan fingerprint density at radius 2 is 1.88 bits per heavy atom. The molecule has 0 saturated heterocycles. The maximum Gasteiger partial charge on any atom is 0.417 e. The molecule has 0 aromatic heterocycles. The number of fused-ring (bicyclic) bond motifs is 1. The molecule has 0 spiro atoms. The first-order valence-electron chi connectivity index (χ1n) is 7.88. The minimum Gasteiger partial charge on any atom is -0.454 e. The summed E-state index contributed by atoms with van der Waals surface area (Å²) >= 11 is 0. The molecule has 1 aliphatic rings. The molecule has 0 saturated carbocycles. The molecule has 2 aromatic carbocycles. The lowest BCUT2D eigenvalue weighted by Crippen LogP contribution is -2.28. The van der Waals surface area contributed by atoms with Gasteiger partial charge in [0.1, 0.15) is 0 Å². The molecule has 1 atom stereocenters. The Labute approximate surface area is 147 Å². The molecular weight excluding hydrogens is 351 g/mol. The van der Waals surface area contributed by atoms with Gasteiger partial charge < -0.3 is 19.9 Å². The molecule has 2 N–H and O–H groups in total. The molecule has 8 heteroatoms. The van der Waals surface area contributed by atoms with Crippen molar-refractivity contribution in [3.05, 3.63) is 59.2 Å². The lowest BCUT2D eigenvalue weighted by atomic mass is 10.0. The van der Waals surface area contributed by atoms with Gasteiger partial charge in [-0.15, -0.1) is 0 Å². The van der Waals surface area contributed by atoms with Gasteiger partial charge in [-0.2, -0.15) is 13.2 Å². The fraction of sp³-hybridized carbons (Fsp3) is 0.278.